The van der Waals surface area contributed by atoms with Gasteiger partial charge in [-0.05, 0) is 19.1 Å². The van der Waals surface area contributed by atoms with E-state index in [0.717, 1.165) is 5.56 Å². The van der Waals surface area contributed by atoms with Gasteiger partial charge in [-0.3, -0.25) is 14.9 Å². The predicted octanol–water partition coefficient (Wildman–Crippen LogP) is 3.97. The zero-order valence-electron chi connectivity index (χ0n) is 15.2. The van der Waals surface area contributed by atoms with Crippen molar-refractivity contribution in [3.63, 3.8) is 0 Å². The number of benzene rings is 2. The van der Waals surface area contributed by atoms with Crippen molar-refractivity contribution in [3.05, 3.63) is 87.3 Å². The highest BCUT2D eigenvalue weighted by molar-refractivity contribution is 7.18. The Morgan fingerprint density at radius 3 is 2.55 bits per heavy atom. The van der Waals surface area contributed by atoms with Gasteiger partial charge in [0.2, 0.25) is 10.6 Å². The number of aryl methyl sites for hydroxylation is 1. The minimum absolute atomic E-state index is 0.257. The second-order valence-corrected chi connectivity index (χ2v) is 7.48. The Kier molecular flexibility index (Phi) is 5.20. The molecule has 0 saturated heterocycles. The molecule has 1 amide bonds. The quantitative estimate of drug-likeness (QED) is 0.536. The molecule has 0 spiro atoms. The average Bonchev–Trinajstić information content (AvgIpc) is 3.18. The van der Waals surface area contributed by atoms with Crippen LogP contribution in [-0.2, 0) is 0 Å². The molecule has 0 bridgehead atoms. The van der Waals surface area contributed by atoms with Crippen LogP contribution in [0.2, 0.25) is 5.02 Å². The van der Waals surface area contributed by atoms with E-state index in [1.165, 1.54) is 22.1 Å². The molecular formula is C20H14ClN5O2S. The Hall–Kier alpha value is -3.36. The van der Waals surface area contributed by atoms with Crippen molar-refractivity contribution >= 4 is 34.0 Å². The molecular weight excluding hydrogens is 410 g/mol. The lowest BCUT2D eigenvalue weighted by atomic mass is 10.2. The van der Waals surface area contributed by atoms with Crippen molar-refractivity contribution in [1.82, 2.24) is 20.0 Å². The van der Waals surface area contributed by atoms with Crippen LogP contribution < -0.4 is 10.7 Å². The topological polar surface area (TPSA) is 89.8 Å². The maximum Gasteiger partial charge on any atom is 0.282 e. The zero-order valence-corrected chi connectivity index (χ0v) is 16.7. The van der Waals surface area contributed by atoms with Crippen LogP contribution >= 0.6 is 22.9 Å². The Labute approximate surface area is 174 Å². The van der Waals surface area contributed by atoms with Crippen LogP contribution in [-0.4, -0.2) is 25.9 Å². The van der Waals surface area contributed by atoms with Crippen LogP contribution in [0.25, 0.3) is 16.3 Å². The maximum absolute atomic E-state index is 12.7. The second-order valence-electron chi connectivity index (χ2n) is 6.09. The van der Waals surface area contributed by atoms with E-state index in [2.05, 4.69) is 20.6 Å². The van der Waals surface area contributed by atoms with Gasteiger partial charge in [0.25, 0.3) is 5.91 Å². The third kappa shape index (κ3) is 3.94. The lowest BCUT2D eigenvalue weighted by Gasteiger charge is -2.12. The summed E-state index contributed by atoms with van der Waals surface area (Å²) in [6.07, 6.45) is 0. The molecule has 9 heteroatoms. The monoisotopic (exact) mass is 423 g/mol. The second kappa shape index (κ2) is 7.94. The Morgan fingerprint density at radius 1 is 1.07 bits per heavy atom. The summed E-state index contributed by atoms with van der Waals surface area (Å²) < 4.78 is 1.47. The minimum Gasteiger partial charge on any atom is -0.295 e. The van der Waals surface area contributed by atoms with Crippen molar-refractivity contribution < 1.29 is 4.79 Å². The highest BCUT2D eigenvalue weighted by Gasteiger charge is 2.18. The number of carbonyl (C=O) groups is 1. The van der Waals surface area contributed by atoms with E-state index in [4.69, 9.17) is 11.6 Å². The van der Waals surface area contributed by atoms with Crippen molar-refractivity contribution in [2.75, 3.05) is 5.32 Å². The number of amides is 1. The molecule has 0 aliphatic carbocycles. The van der Waals surface area contributed by atoms with Gasteiger partial charge in [0, 0.05) is 17.3 Å². The molecule has 2 heterocycles. The molecule has 0 fully saturated rings. The summed E-state index contributed by atoms with van der Waals surface area (Å²) in [6, 6.07) is 17.9. The maximum atomic E-state index is 12.7. The smallest absolute Gasteiger partial charge is 0.282 e. The van der Waals surface area contributed by atoms with Gasteiger partial charge >= 0.3 is 0 Å². The molecule has 144 valence electrons. The number of hydrogen-bond acceptors (Lipinski definition) is 6. The lowest BCUT2D eigenvalue weighted by Crippen LogP contribution is -2.27. The van der Waals surface area contributed by atoms with Gasteiger partial charge in [-0.1, -0.05) is 65.4 Å². The normalized spacial score (nSPS) is 10.7. The molecule has 29 heavy (non-hydrogen) atoms. The number of aromatic nitrogens is 4. The van der Waals surface area contributed by atoms with Crippen molar-refractivity contribution in [2.24, 2.45) is 0 Å². The third-order valence-electron chi connectivity index (χ3n) is 4.07. The summed E-state index contributed by atoms with van der Waals surface area (Å²) in [6.45, 7) is 1.72. The molecule has 4 rings (SSSR count). The van der Waals surface area contributed by atoms with Gasteiger partial charge < -0.3 is 0 Å². The number of anilines is 1. The van der Waals surface area contributed by atoms with Gasteiger partial charge in [-0.2, -0.15) is 5.10 Å². The molecule has 0 unspecified atom stereocenters. The van der Waals surface area contributed by atoms with E-state index in [9.17, 15) is 9.59 Å². The van der Waals surface area contributed by atoms with Gasteiger partial charge in [-0.15, -0.1) is 10.2 Å². The SMILES string of the molecule is Cc1cc(=O)c(C(=O)Nc2nnc(-c3ccccc3)s2)nn1-c1ccccc1Cl. The number of nitrogens with one attached hydrogen (secondary N) is 1. The Morgan fingerprint density at radius 2 is 1.79 bits per heavy atom. The molecule has 0 atom stereocenters. The average molecular weight is 424 g/mol. The summed E-state index contributed by atoms with van der Waals surface area (Å²) in [5.74, 6) is -0.661. The highest BCUT2D eigenvalue weighted by atomic mass is 35.5. The summed E-state index contributed by atoms with van der Waals surface area (Å²) in [7, 11) is 0. The van der Waals surface area contributed by atoms with E-state index < -0.39 is 11.3 Å². The van der Waals surface area contributed by atoms with Crippen molar-refractivity contribution in [2.45, 2.75) is 6.92 Å². The fourth-order valence-corrected chi connectivity index (χ4v) is 3.66. The molecule has 2 aromatic heterocycles. The number of para-hydroxylation sites is 1. The zero-order chi connectivity index (χ0) is 20.4. The predicted molar refractivity (Wildman–Crippen MR) is 113 cm³/mol. The van der Waals surface area contributed by atoms with E-state index in [1.54, 1.807) is 31.2 Å². The Bertz CT molecular complexity index is 1250. The number of hydrogen-bond donors (Lipinski definition) is 1. The molecule has 0 aliphatic rings. The first-order chi connectivity index (χ1) is 14.0. The lowest BCUT2D eigenvalue weighted by molar-refractivity contribution is 0.101. The van der Waals surface area contributed by atoms with Crippen LogP contribution in [0.1, 0.15) is 16.2 Å². The summed E-state index contributed by atoms with van der Waals surface area (Å²) >= 11 is 7.45. The van der Waals surface area contributed by atoms with Crippen LogP contribution in [0.15, 0.2) is 65.5 Å². The molecule has 2 aromatic carbocycles. The van der Waals surface area contributed by atoms with E-state index in [1.807, 2.05) is 30.3 Å². The number of halogens is 1. The molecule has 1 N–H and O–H groups in total. The fourth-order valence-electron chi connectivity index (χ4n) is 2.70. The van der Waals surface area contributed by atoms with Crippen LogP contribution in [0.4, 0.5) is 5.13 Å². The molecule has 7 nitrogen and oxygen atoms in total. The first kappa shape index (κ1) is 19.0. The van der Waals surface area contributed by atoms with Gasteiger partial charge in [0.1, 0.15) is 5.01 Å². The van der Waals surface area contributed by atoms with Crippen LogP contribution in [0, 0.1) is 6.92 Å². The number of rotatable bonds is 4. The van der Waals surface area contributed by atoms with Gasteiger partial charge in [0.05, 0.1) is 10.7 Å². The summed E-state index contributed by atoms with van der Waals surface area (Å²) in [4.78, 5) is 25.0. The molecule has 0 aliphatic heterocycles. The standard InChI is InChI=1S/C20H14ClN5O2S/c1-12-11-16(27)17(25-26(12)15-10-6-5-9-14(15)21)18(28)22-20-24-23-19(29-20)13-7-3-2-4-8-13/h2-11H,1H3,(H,22,24,28). The number of carbonyl (C=O) groups excluding carboxylic acids is 1. The molecule has 0 saturated carbocycles. The first-order valence-corrected chi connectivity index (χ1v) is 9.78. The van der Waals surface area contributed by atoms with E-state index >= 15 is 0 Å². The van der Waals surface area contributed by atoms with Crippen molar-refractivity contribution in [1.29, 1.82) is 0 Å². The van der Waals surface area contributed by atoms with Gasteiger partial charge in [-0.25, -0.2) is 4.68 Å². The number of nitrogens with zero attached hydrogens (tertiary/aromatic N) is 4. The van der Waals surface area contributed by atoms with E-state index in [-0.39, 0.29) is 10.8 Å². The van der Waals surface area contributed by atoms with E-state index in [0.29, 0.717) is 21.4 Å². The van der Waals surface area contributed by atoms with Crippen molar-refractivity contribution in [3.8, 4) is 16.3 Å². The summed E-state index contributed by atoms with van der Waals surface area (Å²) in [5, 5.41) is 16.3. The molecule has 0 radical (unpaired) electrons. The fraction of sp³-hybridized carbons (Fsp3) is 0.0500. The van der Waals surface area contributed by atoms with Crippen LogP contribution in [0.5, 0.6) is 0 Å². The third-order valence-corrected chi connectivity index (χ3v) is 5.28. The van der Waals surface area contributed by atoms with Crippen LogP contribution in [0.3, 0.4) is 0 Å². The first-order valence-electron chi connectivity index (χ1n) is 8.59. The largest absolute Gasteiger partial charge is 0.295 e. The Balaban J connectivity index is 1.64. The summed E-state index contributed by atoms with van der Waals surface area (Å²) in [5.41, 5.74) is 1.27. The molecule has 4 aromatic rings. The highest BCUT2D eigenvalue weighted by Crippen LogP contribution is 2.26. The minimum atomic E-state index is -0.661. The van der Waals surface area contributed by atoms with Gasteiger partial charge in [0.15, 0.2) is 5.69 Å².